The van der Waals surface area contributed by atoms with Crippen molar-refractivity contribution in [3.05, 3.63) is 59.0 Å². The molecule has 0 radical (unpaired) electrons. The van der Waals surface area contributed by atoms with Gasteiger partial charge in [-0.15, -0.1) is 0 Å². The largest absolute Gasteiger partial charge is 0.481 e. The fourth-order valence-corrected chi connectivity index (χ4v) is 3.42. The molecule has 2 heterocycles. The topological polar surface area (TPSA) is 99.9 Å². The van der Waals surface area contributed by atoms with Crippen LogP contribution in [0.3, 0.4) is 0 Å². The van der Waals surface area contributed by atoms with Crippen LogP contribution in [0.2, 0.25) is 5.02 Å². The first-order valence-electron chi connectivity index (χ1n) is 8.47. The van der Waals surface area contributed by atoms with E-state index in [9.17, 15) is 19.5 Å². The molecule has 1 aromatic carbocycles. The van der Waals surface area contributed by atoms with Gasteiger partial charge in [0.1, 0.15) is 12.3 Å². The number of furan rings is 1. The molecule has 3 atom stereocenters. The third-order valence-electron chi connectivity index (χ3n) is 4.75. The zero-order valence-electron chi connectivity index (χ0n) is 14.6. The van der Waals surface area contributed by atoms with E-state index in [2.05, 4.69) is 5.32 Å². The van der Waals surface area contributed by atoms with E-state index in [4.69, 9.17) is 16.0 Å². The summed E-state index contributed by atoms with van der Waals surface area (Å²) in [5.74, 6) is -2.75. The van der Waals surface area contributed by atoms with E-state index >= 15 is 0 Å². The number of halogens is 1. The smallest absolute Gasteiger partial charge is 0.308 e. The van der Waals surface area contributed by atoms with Crippen LogP contribution in [0.4, 0.5) is 0 Å². The fraction of sp³-hybridized carbons (Fsp3) is 0.316. The molecule has 142 valence electrons. The summed E-state index contributed by atoms with van der Waals surface area (Å²) in [6, 6.07) is 7.68. The van der Waals surface area contributed by atoms with Gasteiger partial charge in [0.2, 0.25) is 5.91 Å². The van der Waals surface area contributed by atoms with Gasteiger partial charge in [0.25, 0.3) is 5.91 Å². The first-order chi connectivity index (χ1) is 12.9. The maximum absolute atomic E-state index is 12.7. The van der Waals surface area contributed by atoms with Crippen molar-refractivity contribution in [1.82, 2.24) is 10.2 Å². The number of rotatable bonds is 5. The second-order valence-corrected chi connectivity index (χ2v) is 6.99. The van der Waals surface area contributed by atoms with Crippen LogP contribution in [0.25, 0.3) is 0 Å². The Balaban J connectivity index is 1.70. The minimum atomic E-state index is -0.958. The maximum Gasteiger partial charge on any atom is 0.308 e. The molecule has 0 bridgehead atoms. The van der Waals surface area contributed by atoms with Gasteiger partial charge in [-0.3, -0.25) is 14.4 Å². The van der Waals surface area contributed by atoms with Gasteiger partial charge in [0.15, 0.2) is 0 Å². The number of carbonyl (C=O) groups excluding carboxylic acids is 2. The molecule has 1 aromatic heterocycles. The number of benzene rings is 1. The lowest BCUT2D eigenvalue weighted by molar-refractivity contribution is -0.142. The molecule has 7 nitrogen and oxygen atoms in total. The van der Waals surface area contributed by atoms with Crippen molar-refractivity contribution in [2.75, 3.05) is 13.1 Å². The van der Waals surface area contributed by atoms with E-state index in [1.807, 2.05) is 0 Å². The molecule has 2 amide bonds. The molecule has 1 saturated heterocycles. The van der Waals surface area contributed by atoms with Crippen LogP contribution >= 0.6 is 11.6 Å². The van der Waals surface area contributed by atoms with Gasteiger partial charge in [-0.05, 0) is 30.7 Å². The Hall–Kier alpha value is -2.80. The molecule has 1 aliphatic rings. The third-order valence-corrected chi connectivity index (χ3v) is 5.00. The Morgan fingerprint density at radius 2 is 1.93 bits per heavy atom. The lowest BCUT2D eigenvalue weighted by Crippen LogP contribution is -2.46. The van der Waals surface area contributed by atoms with Gasteiger partial charge in [-0.25, -0.2) is 0 Å². The zero-order chi connectivity index (χ0) is 19.6. The SMILES string of the molecule is CC(NC(=O)c1ccoc1)C(=O)N1C[C@@H](C(=O)O)[C@H](c2ccc(Cl)cc2)C1. The highest BCUT2D eigenvalue weighted by Gasteiger charge is 2.41. The molecule has 3 rings (SSSR count). The summed E-state index contributed by atoms with van der Waals surface area (Å²) >= 11 is 5.90. The first kappa shape index (κ1) is 19.0. The molecule has 1 unspecified atom stereocenters. The van der Waals surface area contributed by atoms with Crippen molar-refractivity contribution in [3.8, 4) is 0 Å². The summed E-state index contributed by atoms with van der Waals surface area (Å²) < 4.78 is 4.86. The van der Waals surface area contributed by atoms with Gasteiger partial charge in [0, 0.05) is 24.0 Å². The highest BCUT2D eigenvalue weighted by molar-refractivity contribution is 6.30. The van der Waals surface area contributed by atoms with Gasteiger partial charge < -0.3 is 19.7 Å². The Labute approximate surface area is 160 Å². The Kier molecular flexibility index (Phi) is 5.51. The standard InChI is InChI=1S/C19H19ClN2O5/c1-11(21-17(23)13-6-7-27-10-13)18(24)22-8-15(16(9-22)19(25)26)12-2-4-14(20)5-3-12/h2-7,10-11,15-16H,8-9H2,1H3,(H,21,23)(H,25,26)/t11?,15-,16+/m0/s1. The third kappa shape index (κ3) is 4.14. The number of hydrogen-bond donors (Lipinski definition) is 2. The Morgan fingerprint density at radius 3 is 2.52 bits per heavy atom. The number of nitrogens with one attached hydrogen (secondary N) is 1. The van der Waals surface area contributed by atoms with Crippen LogP contribution in [-0.2, 0) is 9.59 Å². The number of carboxylic acid groups (broad SMARTS) is 1. The number of carbonyl (C=O) groups is 3. The van der Waals surface area contributed by atoms with E-state index < -0.39 is 23.8 Å². The van der Waals surface area contributed by atoms with Crippen molar-refractivity contribution in [1.29, 1.82) is 0 Å². The molecular formula is C19H19ClN2O5. The first-order valence-corrected chi connectivity index (χ1v) is 8.84. The number of hydrogen-bond acceptors (Lipinski definition) is 4. The van der Waals surface area contributed by atoms with Crippen molar-refractivity contribution >= 4 is 29.4 Å². The van der Waals surface area contributed by atoms with Crippen LogP contribution in [0, 0.1) is 5.92 Å². The van der Waals surface area contributed by atoms with Crippen LogP contribution in [0.5, 0.6) is 0 Å². The molecule has 0 spiro atoms. The zero-order valence-corrected chi connectivity index (χ0v) is 15.3. The predicted octanol–water partition coefficient (Wildman–Crippen LogP) is 2.38. The summed E-state index contributed by atoms with van der Waals surface area (Å²) in [6.45, 7) is 1.93. The van der Waals surface area contributed by atoms with E-state index in [1.165, 1.54) is 23.5 Å². The molecule has 1 fully saturated rings. The number of carboxylic acids is 1. The highest BCUT2D eigenvalue weighted by atomic mass is 35.5. The van der Waals surface area contributed by atoms with Crippen molar-refractivity contribution in [2.24, 2.45) is 5.92 Å². The van der Waals surface area contributed by atoms with Crippen LogP contribution in [0.1, 0.15) is 28.8 Å². The molecular weight excluding hydrogens is 372 g/mol. The summed E-state index contributed by atoms with van der Waals surface area (Å²) in [5.41, 5.74) is 1.13. The lowest BCUT2D eigenvalue weighted by atomic mass is 9.89. The normalized spacial score (nSPS) is 20.3. The van der Waals surface area contributed by atoms with E-state index in [-0.39, 0.29) is 24.9 Å². The quantitative estimate of drug-likeness (QED) is 0.816. The van der Waals surface area contributed by atoms with Crippen LogP contribution in [0.15, 0.2) is 47.3 Å². The summed E-state index contributed by atoms with van der Waals surface area (Å²) in [4.78, 5) is 38.0. The Morgan fingerprint density at radius 1 is 1.22 bits per heavy atom. The molecule has 2 N–H and O–H groups in total. The monoisotopic (exact) mass is 390 g/mol. The molecule has 0 aliphatic carbocycles. The lowest BCUT2D eigenvalue weighted by Gasteiger charge is -2.21. The molecule has 2 aromatic rings. The maximum atomic E-state index is 12.7. The number of nitrogens with zero attached hydrogens (tertiary/aromatic N) is 1. The number of amides is 2. The van der Waals surface area contributed by atoms with Crippen LogP contribution < -0.4 is 5.32 Å². The second kappa shape index (κ2) is 7.84. The fourth-order valence-electron chi connectivity index (χ4n) is 3.29. The number of aliphatic carboxylic acids is 1. The Bertz CT molecular complexity index is 834. The van der Waals surface area contributed by atoms with Crippen LogP contribution in [-0.4, -0.2) is 46.9 Å². The van der Waals surface area contributed by atoms with Gasteiger partial charge in [-0.2, -0.15) is 0 Å². The molecule has 27 heavy (non-hydrogen) atoms. The van der Waals surface area contributed by atoms with E-state index in [0.717, 1.165) is 5.56 Å². The molecule has 0 saturated carbocycles. The second-order valence-electron chi connectivity index (χ2n) is 6.55. The van der Waals surface area contributed by atoms with Crippen molar-refractivity contribution in [3.63, 3.8) is 0 Å². The predicted molar refractivity (Wildman–Crippen MR) is 97.5 cm³/mol. The molecule has 1 aliphatic heterocycles. The van der Waals surface area contributed by atoms with Gasteiger partial charge in [0.05, 0.1) is 17.7 Å². The highest BCUT2D eigenvalue weighted by Crippen LogP contribution is 2.33. The van der Waals surface area contributed by atoms with Gasteiger partial charge in [-0.1, -0.05) is 23.7 Å². The summed E-state index contributed by atoms with van der Waals surface area (Å²) in [7, 11) is 0. The average molecular weight is 391 g/mol. The summed E-state index contributed by atoms with van der Waals surface area (Å²) in [5, 5.41) is 12.7. The van der Waals surface area contributed by atoms with Crippen molar-refractivity contribution < 1.29 is 23.9 Å². The van der Waals surface area contributed by atoms with E-state index in [0.29, 0.717) is 10.6 Å². The van der Waals surface area contributed by atoms with Crippen molar-refractivity contribution in [2.45, 2.75) is 18.9 Å². The van der Waals surface area contributed by atoms with Gasteiger partial charge >= 0.3 is 5.97 Å². The number of likely N-dealkylation sites (tertiary alicyclic amines) is 1. The average Bonchev–Trinajstić information content (AvgIpc) is 3.31. The minimum Gasteiger partial charge on any atom is -0.481 e. The minimum absolute atomic E-state index is 0.0907. The van der Waals surface area contributed by atoms with E-state index in [1.54, 1.807) is 31.2 Å². The molecule has 8 heteroatoms. The summed E-state index contributed by atoms with van der Waals surface area (Å²) in [6.07, 6.45) is 2.66.